The van der Waals surface area contributed by atoms with E-state index >= 15 is 0 Å². The predicted octanol–water partition coefficient (Wildman–Crippen LogP) is 4.15. The third-order valence-electron chi connectivity index (χ3n) is 3.03. The molecule has 1 N–H and O–H groups in total. The number of hydrogen-bond donors (Lipinski definition) is 1. The van der Waals surface area contributed by atoms with E-state index in [4.69, 9.17) is 4.99 Å². The van der Waals surface area contributed by atoms with E-state index in [9.17, 15) is 0 Å². The Kier molecular flexibility index (Phi) is 5.75. The summed E-state index contributed by atoms with van der Waals surface area (Å²) in [6.07, 6.45) is 5.04. The highest BCUT2D eigenvalue weighted by Crippen LogP contribution is 2.42. The van der Waals surface area contributed by atoms with E-state index in [1.54, 1.807) is 0 Å². The van der Waals surface area contributed by atoms with Gasteiger partial charge in [-0.2, -0.15) is 0 Å². The van der Waals surface area contributed by atoms with E-state index in [-0.39, 0.29) is 8.07 Å². The first-order valence-corrected chi connectivity index (χ1v) is 8.10. The molecule has 0 aliphatic carbocycles. The summed E-state index contributed by atoms with van der Waals surface area (Å²) in [6.45, 7) is 11.5. The summed E-state index contributed by atoms with van der Waals surface area (Å²) in [5.41, 5.74) is 1.47. The van der Waals surface area contributed by atoms with E-state index < -0.39 is 0 Å². The molecule has 0 aromatic carbocycles. The van der Waals surface area contributed by atoms with Crippen LogP contribution in [0.4, 0.5) is 0 Å². The molecular formula is C13H27N2P. The minimum Gasteiger partial charge on any atom is -0.352 e. The lowest BCUT2D eigenvalue weighted by atomic mass is 10.1. The fourth-order valence-corrected chi connectivity index (χ4v) is 4.39. The molecule has 16 heavy (non-hydrogen) atoms. The first kappa shape index (κ1) is 14.0. The van der Waals surface area contributed by atoms with Crippen LogP contribution in [-0.4, -0.2) is 23.2 Å². The molecule has 0 amide bonds. The number of nitrogens with one attached hydrogen (secondary N) is 1. The fourth-order valence-electron chi connectivity index (χ4n) is 2.22. The second-order valence-electron chi connectivity index (χ2n) is 5.38. The molecule has 1 aliphatic rings. The first-order valence-electron chi connectivity index (χ1n) is 6.62. The molecule has 0 bridgehead atoms. The third-order valence-corrected chi connectivity index (χ3v) is 5.77. The average Bonchev–Trinajstić information content (AvgIpc) is 2.38. The van der Waals surface area contributed by atoms with Gasteiger partial charge in [0.25, 0.3) is 0 Å². The Balaban J connectivity index is 2.62. The standard InChI is InChI=1S/C13H27N2P/c1-10(2)16(11(3)4)15-13-9-7-6-8-12(5)14-13/h10-12H,6-9H2,1-5H3,(H,14,15). The molecule has 0 spiro atoms. The first-order chi connectivity index (χ1) is 7.50. The van der Waals surface area contributed by atoms with Crippen molar-refractivity contribution in [3.05, 3.63) is 0 Å². The number of rotatable bonds is 3. The molecule has 0 saturated heterocycles. The molecule has 1 heterocycles. The highest BCUT2D eigenvalue weighted by atomic mass is 31.1. The van der Waals surface area contributed by atoms with Crippen molar-refractivity contribution in [1.29, 1.82) is 0 Å². The van der Waals surface area contributed by atoms with Crippen LogP contribution >= 0.6 is 8.07 Å². The highest BCUT2D eigenvalue weighted by Gasteiger charge is 2.19. The van der Waals surface area contributed by atoms with E-state index in [0.29, 0.717) is 6.04 Å². The Labute approximate surface area is 102 Å². The lowest BCUT2D eigenvalue weighted by Crippen LogP contribution is -2.25. The van der Waals surface area contributed by atoms with Crippen LogP contribution in [0.5, 0.6) is 0 Å². The van der Waals surface area contributed by atoms with Crippen LogP contribution in [0.25, 0.3) is 0 Å². The molecule has 94 valence electrons. The number of nitrogens with zero attached hydrogens (tertiary/aromatic N) is 1. The zero-order valence-corrected chi connectivity index (χ0v) is 12.3. The van der Waals surface area contributed by atoms with Gasteiger partial charge >= 0.3 is 0 Å². The van der Waals surface area contributed by atoms with Gasteiger partial charge in [-0.1, -0.05) is 34.1 Å². The zero-order chi connectivity index (χ0) is 12.1. The van der Waals surface area contributed by atoms with Gasteiger partial charge in [-0.3, -0.25) is 4.99 Å². The molecule has 0 aromatic heterocycles. The molecule has 1 rings (SSSR count). The van der Waals surface area contributed by atoms with Crippen molar-refractivity contribution in [2.45, 2.75) is 77.7 Å². The van der Waals surface area contributed by atoms with Crippen molar-refractivity contribution in [3.63, 3.8) is 0 Å². The average molecular weight is 242 g/mol. The Hall–Kier alpha value is -0.100. The maximum atomic E-state index is 4.80. The van der Waals surface area contributed by atoms with Gasteiger partial charge in [0, 0.05) is 12.5 Å². The Morgan fingerprint density at radius 3 is 2.38 bits per heavy atom. The van der Waals surface area contributed by atoms with Gasteiger partial charge in [0.05, 0.1) is 5.84 Å². The molecule has 0 fully saturated rings. The molecule has 0 radical (unpaired) electrons. The molecule has 2 nitrogen and oxygen atoms in total. The molecular weight excluding hydrogens is 215 g/mol. The summed E-state index contributed by atoms with van der Waals surface area (Å²) in [4.78, 5) is 4.80. The maximum Gasteiger partial charge on any atom is 0.0998 e. The van der Waals surface area contributed by atoms with Crippen molar-refractivity contribution in [2.24, 2.45) is 4.99 Å². The normalized spacial score (nSPS) is 22.5. The number of amidine groups is 1. The number of hydrogen-bond acceptors (Lipinski definition) is 2. The van der Waals surface area contributed by atoms with Crippen LogP contribution in [0.1, 0.15) is 60.3 Å². The smallest absolute Gasteiger partial charge is 0.0998 e. The summed E-state index contributed by atoms with van der Waals surface area (Å²) >= 11 is 0. The minimum atomic E-state index is -0.113. The van der Waals surface area contributed by atoms with Crippen LogP contribution < -0.4 is 5.09 Å². The van der Waals surface area contributed by atoms with Gasteiger partial charge < -0.3 is 5.09 Å². The van der Waals surface area contributed by atoms with Gasteiger partial charge in [0.1, 0.15) is 0 Å². The van der Waals surface area contributed by atoms with E-state index in [1.165, 1.54) is 25.1 Å². The van der Waals surface area contributed by atoms with Gasteiger partial charge in [0.2, 0.25) is 0 Å². The van der Waals surface area contributed by atoms with E-state index in [1.807, 2.05) is 0 Å². The highest BCUT2D eigenvalue weighted by molar-refractivity contribution is 7.57. The quantitative estimate of drug-likeness (QED) is 0.739. The van der Waals surface area contributed by atoms with Crippen molar-refractivity contribution >= 4 is 13.9 Å². The van der Waals surface area contributed by atoms with Crippen molar-refractivity contribution in [3.8, 4) is 0 Å². The second-order valence-corrected chi connectivity index (χ2v) is 8.48. The topological polar surface area (TPSA) is 24.4 Å². The maximum absolute atomic E-state index is 4.80. The summed E-state index contributed by atoms with van der Waals surface area (Å²) in [5.74, 6) is 1.28. The van der Waals surface area contributed by atoms with Crippen LogP contribution in [-0.2, 0) is 0 Å². The Morgan fingerprint density at radius 2 is 1.81 bits per heavy atom. The predicted molar refractivity (Wildman–Crippen MR) is 75.7 cm³/mol. The molecule has 3 heteroatoms. The molecule has 0 aromatic rings. The largest absolute Gasteiger partial charge is 0.352 e. The Bertz CT molecular complexity index is 228. The minimum absolute atomic E-state index is 0.113. The fraction of sp³-hybridized carbons (Fsp3) is 0.923. The number of aliphatic imine (C=N–C) groups is 1. The van der Waals surface area contributed by atoms with Gasteiger partial charge in [-0.15, -0.1) is 0 Å². The van der Waals surface area contributed by atoms with Crippen LogP contribution in [0.15, 0.2) is 4.99 Å². The zero-order valence-electron chi connectivity index (χ0n) is 11.5. The van der Waals surface area contributed by atoms with Crippen LogP contribution in [0.3, 0.4) is 0 Å². The molecule has 1 aliphatic heterocycles. The lowest BCUT2D eigenvalue weighted by Gasteiger charge is -2.28. The van der Waals surface area contributed by atoms with Crippen LogP contribution in [0, 0.1) is 0 Å². The Morgan fingerprint density at radius 1 is 1.19 bits per heavy atom. The van der Waals surface area contributed by atoms with Crippen molar-refractivity contribution < 1.29 is 0 Å². The summed E-state index contributed by atoms with van der Waals surface area (Å²) in [6, 6.07) is 0.515. The monoisotopic (exact) mass is 242 g/mol. The molecule has 1 atom stereocenters. The van der Waals surface area contributed by atoms with Gasteiger partial charge in [0.15, 0.2) is 0 Å². The summed E-state index contributed by atoms with van der Waals surface area (Å²) in [5, 5.41) is 3.74. The SMILES string of the molecule is CC1CCCCC(NP(C(C)C)C(C)C)=N1. The van der Waals surface area contributed by atoms with E-state index in [2.05, 4.69) is 39.7 Å². The second kappa shape index (κ2) is 6.59. The third kappa shape index (κ3) is 4.41. The van der Waals surface area contributed by atoms with E-state index in [0.717, 1.165) is 17.7 Å². The van der Waals surface area contributed by atoms with Gasteiger partial charge in [-0.25, -0.2) is 0 Å². The van der Waals surface area contributed by atoms with Crippen LogP contribution in [0.2, 0.25) is 0 Å². The molecule has 1 unspecified atom stereocenters. The van der Waals surface area contributed by atoms with Gasteiger partial charge in [-0.05, 0) is 39.2 Å². The van der Waals surface area contributed by atoms with Crippen molar-refractivity contribution in [1.82, 2.24) is 5.09 Å². The lowest BCUT2D eigenvalue weighted by molar-refractivity contribution is 0.630. The summed E-state index contributed by atoms with van der Waals surface area (Å²) < 4.78 is 0. The van der Waals surface area contributed by atoms with Crippen molar-refractivity contribution in [2.75, 3.05) is 0 Å². The summed E-state index contributed by atoms with van der Waals surface area (Å²) in [7, 11) is -0.113. The molecule has 0 saturated carbocycles.